The van der Waals surface area contributed by atoms with Gasteiger partial charge in [-0.05, 0) is 24.7 Å². The van der Waals surface area contributed by atoms with Gasteiger partial charge in [0.2, 0.25) is 0 Å². The van der Waals surface area contributed by atoms with Crippen molar-refractivity contribution >= 4 is 11.9 Å². The van der Waals surface area contributed by atoms with Crippen molar-refractivity contribution in [2.24, 2.45) is 11.8 Å². The standard InChI is InChI=1S/C39H76O5/c1-35(2)29-25-21-17-15-13-11-9-7-5-6-8-10-12-14-16-18-24-28-32-39(42)44-37(33-40)34-43-38(41)31-27-23-20-19-22-26-30-36(3)4/h35-37,40H,5-34H2,1-4H3/t37-/m0/s1. The fourth-order valence-corrected chi connectivity index (χ4v) is 5.81. The van der Waals surface area contributed by atoms with Gasteiger partial charge < -0.3 is 14.6 Å². The first-order chi connectivity index (χ1) is 21.3. The second-order valence-corrected chi connectivity index (χ2v) is 14.3. The van der Waals surface area contributed by atoms with E-state index >= 15 is 0 Å². The van der Waals surface area contributed by atoms with Crippen LogP contribution in [0.3, 0.4) is 0 Å². The molecule has 0 fully saturated rings. The first-order valence-electron chi connectivity index (χ1n) is 19.3. The molecule has 44 heavy (non-hydrogen) atoms. The Hall–Kier alpha value is -1.10. The summed E-state index contributed by atoms with van der Waals surface area (Å²) in [5.74, 6) is 1.06. The maximum atomic E-state index is 12.1. The second-order valence-electron chi connectivity index (χ2n) is 14.3. The number of carbonyl (C=O) groups excluding carboxylic acids is 2. The Bertz CT molecular complexity index is 618. The van der Waals surface area contributed by atoms with Crippen molar-refractivity contribution in [2.75, 3.05) is 13.2 Å². The first kappa shape index (κ1) is 42.9. The van der Waals surface area contributed by atoms with E-state index in [-0.39, 0.29) is 25.2 Å². The summed E-state index contributed by atoms with van der Waals surface area (Å²) in [5.41, 5.74) is 0. The fraction of sp³-hybridized carbons (Fsp3) is 0.949. The van der Waals surface area contributed by atoms with Crippen LogP contribution in [0.2, 0.25) is 0 Å². The van der Waals surface area contributed by atoms with E-state index in [9.17, 15) is 14.7 Å². The lowest BCUT2D eigenvalue weighted by Crippen LogP contribution is -2.28. The van der Waals surface area contributed by atoms with Gasteiger partial charge in [-0.3, -0.25) is 9.59 Å². The molecule has 0 heterocycles. The number of carbonyl (C=O) groups is 2. The molecule has 262 valence electrons. The summed E-state index contributed by atoms with van der Waals surface area (Å²) < 4.78 is 10.6. The van der Waals surface area contributed by atoms with E-state index in [0.717, 1.165) is 50.4 Å². The second kappa shape index (κ2) is 33.3. The molecule has 0 spiro atoms. The van der Waals surface area contributed by atoms with E-state index in [0.29, 0.717) is 12.8 Å². The number of hydrogen-bond acceptors (Lipinski definition) is 5. The van der Waals surface area contributed by atoms with Crippen LogP contribution < -0.4 is 0 Å². The van der Waals surface area contributed by atoms with Gasteiger partial charge in [0.1, 0.15) is 6.61 Å². The zero-order valence-electron chi connectivity index (χ0n) is 30.0. The van der Waals surface area contributed by atoms with Crippen LogP contribution in [0.4, 0.5) is 0 Å². The molecule has 0 aromatic rings. The SMILES string of the molecule is CC(C)CCCCCCCCCCCCCCCCCCCCC(=O)O[C@@H](CO)COC(=O)CCCCCCCCC(C)C. The first-order valence-corrected chi connectivity index (χ1v) is 19.3. The Balaban J connectivity index is 3.46. The van der Waals surface area contributed by atoms with Gasteiger partial charge in [0.15, 0.2) is 6.10 Å². The van der Waals surface area contributed by atoms with Gasteiger partial charge in [-0.15, -0.1) is 0 Å². The Labute approximate surface area is 274 Å². The molecular formula is C39H76O5. The van der Waals surface area contributed by atoms with Crippen molar-refractivity contribution in [3.05, 3.63) is 0 Å². The van der Waals surface area contributed by atoms with Crippen molar-refractivity contribution < 1.29 is 24.2 Å². The molecule has 1 atom stereocenters. The van der Waals surface area contributed by atoms with Crippen LogP contribution in [0.15, 0.2) is 0 Å². The molecule has 0 aromatic carbocycles. The zero-order valence-corrected chi connectivity index (χ0v) is 30.0. The highest BCUT2D eigenvalue weighted by molar-refractivity contribution is 5.70. The van der Waals surface area contributed by atoms with Crippen LogP contribution in [0.1, 0.15) is 207 Å². The van der Waals surface area contributed by atoms with E-state index in [4.69, 9.17) is 9.47 Å². The van der Waals surface area contributed by atoms with Gasteiger partial charge in [-0.1, -0.05) is 182 Å². The summed E-state index contributed by atoms with van der Waals surface area (Å²) >= 11 is 0. The van der Waals surface area contributed by atoms with Gasteiger partial charge in [-0.25, -0.2) is 0 Å². The highest BCUT2D eigenvalue weighted by Gasteiger charge is 2.16. The highest BCUT2D eigenvalue weighted by atomic mass is 16.6. The van der Waals surface area contributed by atoms with Crippen LogP contribution in [-0.4, -0.2) is 36.4 Å². The van der Waals surface area contributed by atoms with Crippen molar-refractivity contribution in [3.63, 3.8) is 0 Å². The molecule has 0 amide bonds. The molecule has 0 bridgehead atoms. The number of ether oxygens (including phenoxy) is 2. The maximum Gasteiger partial charge on any atom is 0.306 e. The summed E-state index contributed by atoms with van der Waals surface area (Å²) in [6.45, 7) is 8.79. The number of aliphatic hydroxyl groups excluding tert-OH is 1. The minimum absolute atomic E-state index is 0.0605. The number of hydrogen-bond donors (Lipinski definition) is 1. The molecule has 0 saturated carbocycles. The largest absolute Gasteiger partial charge is 0.462 e. The predicted molar refractivity (Wildman–Crippen MR) is 187 cm³/mol. The third kappa shape index (κ3) is 33.8. The Morgan fingerprint density at radius 3 is 1.07 bits per heavy atom. The lowest BCUT2D eigenvalue weighted by molar-refractivity contribution is -0.161. The molecule has 0 saturated heterocycles. The van der Waals surface area contributed by atoms with Crippen LogP contribution in [0.5, 0.6) is 0 Å². The van der Waals surface area contributed by atoms with Crippen molar-refractivity contribution in [3.8, 4) is 0 Å². The number of esters is 2. The molecule has 0 aliphatic heterocycles. The maximum absolute atomic E-state index is 12.1. The summed E-state index contributed by atoms with van der Waals surface area (Å²) in [4.78, 5) is 24.1. The number of rotatable bonds is 34. The minimum Gasteiger partial charge on any atom is -0.462 e. The van der Waals surface area contributed by atoms with Gasteiger partial charge in [-0.2, -0.15) is 0 Å². The topological polar surface area (TPSA) is 72.8 Å². The van der Waals surface area contributed by atoms with Crippen molar-refractivity contribution in [1.82, 2.24) is 0 Å². The van der Waals surface area contributed by atoms with Gasteiger partial charge in [0.25, 0.3) is 0 Å². The fourth-order valence-electron chi connectivity index (χ4n) is 5.81. The molecule has 1 N–H and O–H groups in total. The Kier molecular flexibility index (Phi) is 32.4. The summed E-state index contributed by atoms with van der Waals surface area (Å²) in [6.07, 6.45) is 33.3. The number of aliphatic hydroxyl groups is 1. The molecule has 0 unspecified atom stereocenters. The molecule has 0 rings (SSSR count). The summed E-state index contributed by atoms with van der Waals surface area (Å²) in [5, 5.41) is 9.52. The highest BCUT2D eigenvalue weighted by Crippen LogP contribution is 2.16. The van der Waals surface area contributed by atoms with E-state index in [1.54, 1.807) is 0 Å². The third-order valence-electron chi connectivity index (χ3n) is 8.76. The Morgan fingerprint density at radius 1 is 0.455 bits per heavy atom. The molecule has 0 aromatic heterocycles. The predicted octanol–water partition coefficient (Wildman–Crippen LogP) is 11.7. The van der Waals surface area contributed by atoms with E-state index in [2.05, 4.69) is 27.7 Å². The van der Waals surface area contributed by atoms with Gasteiger partial charge >= 0.3 is 11.9 Å². The average molecular weight is 625 g/mol. The molecule has 5 heteroatoms. The van der Waals surface area contributed by atoms with E-state index < -0.39 is 6.10 Å². The smallest absolute Gasteiger partial charge is 0.306 e. The molecular weight excluding hydrogens is 548 g/mol. The number of unbranched alkanes of at least 4 members (excludes halogenated alkanes) is 22. The van der Waals surface area contributed by atoms with Gasteiger partial charge in [0, 0.05) is 12.8 Å². The normalized spacial score (nSPS) is 12.2. The average Bonchev–Trinajstić information content (AvgIpc) is 2.99. The quantitative estimate of drug-likeness (QED) is 0.0569. The Morgan fingerprint density at radius 2 is 0.750 bits per heavy atom. The van der Waals surface area contributed by atoms with Crippen molar-refractivity contribution in [1.29, 1.82) is 0 Å². The molecule has 5 nitrogen and oxygen atoms in total. The summed E-state index contributed by atoms with van der Waals surface area (Å²) in [6, 6.07) is 0. The van der Waals surface area contributed by atoms with Crippen molar-refractivity contribution in [2.45, 2.75) is 214 Å². The monoisotopic (exact) mass is 625 g/mol. The van der Waals surface area contributed by atoms with E-state index in [1.807, 2.05) is 0 Å². The van der Waals surface area contributed by atoms with Crippen LogP contribution in [0, 0.1) is 11.8 Å². The van der Waals surface area contributed by atoms with Crippen LogP contribution in [0.25, 0.3) is 0 Å². The molecule has 0 radical (unpaired) electrons. The van der Waals surface area contributed by atoms with Crippen LogP contribution in [-0.2, 0) is 19.1 Å². The van der Waals surface area contributed by atoms with Gasteiger partial charge in [0.05, 0.1) is 6.61 Å². The zero-order chi connectivity index (χ0) is 32.5. The molecule has 0 aliphatic carbocycles. The summed E-state index contributed by atoms with van der Waals surface area (Å²) in [7, 11) is 0. The lowest BCUT2D eigenvalue weighted by Gasteiger charge is -2.15. The minimum atomic E-state index is -0.762. The lowest BCUT2D eigenvalue weighted by atomic mass is 10.0. The molecule has 0 aliphatic rings. The third-order valence-corrected chi connectivity index (χ3v) is 8.76. The van der Waals surface area contributed by atoms with Crippen LogP contribution >= 0.6 is 0 Å². The van der Waals surface area contributed by atoms with E-state index in [1.165, 1.54) is 128 Å².